The van der Waals surface area contributed by atoms with Crippen molar-refractivity contribution in [3.05, 3.63) is 12.7 Å². The number of hydrogen-bond acceptors (Lipinski definition) is 7. The van der Waals surface area contributed by atoms with E-state index < -0.39 is 17.9 Å². The summed E-state index contributed by atoms with van der Waals surface area (Å²) in [5.41, 5.74) is 5.89. The summed E-state index contributed by atoms with van der Waals surface area (Å²) < 4.78 is 7.53. The van der Waals surface area contributed by atoms with E-state index in [4.69, 9.17) is 10.5 Å². The van der Waals surface area contributed by atoms with Crippen molar-refractivity contribution in [3.63, 3.8) is 0 Å². The number of anilines is 1. The Morgan fingerprint density at radius 1 is 1.50 bits per heavy atom. The maximum absolute atomic E-state index is 10.1. The Morgan fingerprint density at radius 3 is 2.90 bits per heavy atom. The molecule has 2 aromatic heterocycles. The number of aliphatic hydroxyl groups is 2. The first kappa shape index (κ1) is 13.7. The molecular formula is C11H15N5O3Se. The first-order chi connectivity index (χ1) is 9.49. The number of rotatable bonds is 2. The van der Waals surface area contributed by atoms with E-state index >= 15 is 0 Å². The Morgan fingerprint density at radius 2 is 2.25 bits per heavy atom. The fourth-order valence-electron chi connectivity index (χ4n) is 2.49. The van der Waals surface area contributed by atoms with Crippen LogP contribution in [-0.4, -0.2) is 64.6 Å². The summed E-state index contributed by atoms with van der Waals surface area (Å²) in [5.74, 6) is 0.289. The van der Waals surface area contributed by atoms with Gasteiger partial charge in [-0.15, -0.1) is 0 Å². The number of imidazole rings is 1. The van der Waals surface area contributed by atoms with Gasteiger partial charge in [-0.25, -0.2) is 0 Å². The number of ether oxygens (including phenoxy) is 1. The van der Waals surface area contributed by atoms with E-state index in [-0.39, 0.29) is 17.2 Å². The van der Waals surface area contributed by atoms with Gasteiger partial charge in [0.25, 0.3) is 0 Å². The number of nitrogens with zero attached hydrogens (tertiary/aromatic N) is 4. The van der Waals surface area contributed by atoms with Gasteiger partial charge in [0.1, 0.15) is 0 Å². The van der Waals surface area contributed by atoms with E-state index in [1.54, 1.807) is 10.9 Å². The summed E-state index contributed by atoms with van der Waals surface area (Å²) in [6, 6.07) is 0. The third-order valence-electron chi connectivity index (χ3n) is 3.66. The Balaban J connectivity index is 2.13. The van der Waals surface area contributed by atoms with Gasteiger partial charge >= 0.3 is 122 Å². The van der Waals surface area contributed by atoms with E-state index in [2.05, 4.69) is 31.0 Å². The second-order valence-corrected chi connectivity index (χ2v) is 6.04. The molecule has 3 heterocycles. The number of nitrogen functional groups attached to an aromatic ring is 1. The average molecular weight is 344 g/mol. The molecule has 0 bridgehead atoms. The molecule has 1 fully saturated rings. The molecule has 108 valence electrons. The van der Waals surface area contributed by atoms with Crippen LogP contribution < -0.4 is 5.73 Å². The van der Waals surface area contributed by atoms with Crippen molar-refractivity contribution in [2.45, 2.75) is 29.7 Å². The molecule has 4 atom stereocenters. The predicted octanol–water partition coefficient (Wildman–Crippen LogP) is -1.48. The minimum absolute atomic E-state index is 0.255. The van der Waals surface area contributed by atoms with Crippen LogP contribution in [0, 0.1) is 0 Å². The number of nitrogens with two attached hydrogens (primary N) is 1. The molecule has 0 radical (unpaired) electrons. The molecule has 1 saturated heterocycles. The summed E-state index contributed by atoms with van der Waals surface area (Å²) in [6.07, 6.45) is 1.47. The molecule has 2 aromatic rings. The first-order valence-corrected chi connectivity index (χ1v) is 7.16. The Hall–Kier alpha value is -1.25. The van der Waals surface area contributed by atoms with Crippen molar-refractivity contribution in [3.8, 4) is 0 Å². The molecule has 20 heavy (non-hydrogen) atoms. The van der Waals surface area contributed by atoms with Gasteiger partial charge in [-0.3, -0.25) is 0 Å². The van der Waals surface area contributed by atoms with Crippen LogP contribution in [0.4, 0.5) is 5.82 Å². The molecule has 3 rings (SSSR count). The molecule has 1 aliphatic rings. The Bertz CT molecular complexity index is 650. The van der Waals surface area contributed by atoms with Crippen molar-refractivity contribution >= 4 is 33.0 Å². The molecule has 0 saturated carbocycles. The molecule has 0 unspecified atom stereocenters. The fraction of sp³-hybridized carbons (Fsp3) is 0.545. The molecule has 0 amide bonds. The summed E-state index contributed by atoms with van der Waals surface area (Å²) in [6.45, 7) is 1.56. The van der Waals surface area contributed by atoms with Crippen LogP contribution in [0.25, 0.3) is 11.2 Å². The number of aliphatic hydroxyl groups excluding tert-OH is 2. The topological polar surface area (TPSA) is 119 Å². The van der Waals surface area contributed by atoms with Crippen LogP contribution in [0.15, 0.2) is 12.7 Å². The third-order valence-corrected chi connectivity index (χ3v) is 5.31. The van der Waals surface area contributed by atoms with Crippen LogP contribution >= 0.6 is 0 Å². The van der Waals surface area contributed by atoms with Crippen molar-refractivity contribution < 1.29 is 14.9 Å². The second kappa shape index (κ2) is 4.64. The van der Waals surface area contributed by atoms with Gasteiger partial charge in [-0.05, 0) is 0 Å². The fourth-order valence-corrected chi connectivity index (χ4v) is 3.28. The normalized spacial score (nSPS) is 33.9. The Kier molecular flexibility index (Phi) is 3.18. The SMILES string of the molecule is C[C@@]1(n2cnc3c(N)ncnc32)O[C@H](CO)[C@@H](O)[C@H]1[SeH]. The monoisotopic (exact) mass is 345 g/mol. The molecule has 4 N–H and O–H groups in total. The van der Waals surface area contributed by atoms with Gasteiger partial charge < -0.3 is 0 Å². The molecule has 0 aliphatic carbocycles. The van der Waals surface area contributed by atoms with Crippen molar-refractivity contribution in [1.29, 1.82) is 0 Å². The van der Waals surface area contributed by atoms with E-state index in [1.807, 2.05) is 6.92 Å². The second-order valence-electron chi connectivity index (χ2n) is 4.87. The third kappa shape index (κ3) is 1.75. The van der Waals surface area contributed by atoms with Crippen molar-refractivity contribution in [2.24, 2.45) is 0 Å². The van der Waals surface area contributed by atoms with Gasteiger partial charge in [0.15, 0.2) is 0 Å². The standard InChI is InChI=1S/C11H15N5O3Se/c1-11(8(20)7(18)5(2-17)19-11)16-4-15-6-9(12)13-3-14-10(6)16/h3-5,7-8,17-18,20H,2H2,1H3,(H2,12,13,14)/t5-,7-,8-,11-/m1/s1. The minimum atomic E-state index is -0.887. The molecule has 1 aliphatic heterocycles. The number of fused-ring (bicyclic) bond motifs is 1. The molecule has 0 spiro atoms. The quantitative estimate of drug-likeness (QED) is 0.569. The molecule has 9 heteroatoms. The zero-order valence-corrected chi connectivity index (χ0v) is 12.6. The van der Waals surface area contributed by atoms with E-state index in [0.29, 0.717) is 11.2 Å². The van der Waals surface area contributed by atoms with Gasteiger partial charge in [-0.1, -0.05) is 0 Å². The van der Waals surface area contributed by atoms with E-state index in [9.17, 15) is 10.2 Å². The van der Waals surface area contributed by atoms with Crippen LogP contribution in [0.5, 0.6) is 0 Å². The molecule has 0 aromatic carbocycles. The van der Waals surface area contributed by atoms with Crippen LogP contribution in [0.2, 0.25) is 4.82 Å². The van der Waals surface area contributed by atoms with Gasteiger partial charge in [0.05, 0.1) is 0 Å². The van der Waals surface area contributed by atoms with Gasteiger partial charge in [0.2, 0.25) is 0 Å². The van der Waals surface area contributed by atoms with Gasteiger partial charge in [0, 0.05) is 0 Å². The number of hydrogen-bond donors (Lipinski definition) is 3. The number of aromatic nitrogens is 4. The average Bonchev–Trinajstić information content (AvgIpc) is 2.96. The van der Waals surface area contributed by atoms with Crippen molar-refractivity contribution in [2.75, 3.05) is 12.3 Å². The predicted molar refractivity (Wildman–Crippen MR) is 72.2 cm³/mol. The van der Waals surface area contributed by atoms with Crippen LogP contribution in [0.3, 0.4) is 0 Å². The van der Waals surface area contributed by atoms with Crippen LogP contribution in [0.1, 0.15) is 6.92 Å². The van der Waals surface area contributed by atoms with Crippen LogP contribution in [-0.2, 0) is 10.5 Å². The zero-order valence-electron chi connectivity index (χ0n) is 10.7. The van der Waals surface area contributed by atoms with E-state index in [1.165, 1.54) is 6.33 Å². The Labute approximate surface area is 122 Å². The zero-order chi connectivity index (χ0) is 14.5. The van der Waals surface area contributed by atoms with E-state index in [0.717, 1.165) is 0 Å². The van der Waals surface area contributed by atoms with Crippen molar-refractivity contribution in [1.82, 2.24) is 19.5 Å². The summed E-state index contributed by atoms with van der Waals surface area (Å²) in [7, 11) is 0. The molecular weight excluding hydrogens is 329 g/mol. The maximum atomic E-state index is 10.1. The summed E-state index contributed by atoms with van der Waals surface area (Å²) in [4.78, 5) is 12.0. The summed E-state index contributed by atoms with van der Waals surface area (Å²) >= 11 is 2.38. The van der Waals surface area contributed by atoms with Gasteiger partial charge in [-0.2, -0.15) is 0 Å². The first-order valence-electron chi connectivity index (χ1n) is 6.08. The molecule has 8 nitrogen and oxygen atoms in total. The summed E-state index contributed by atoms with van der Waals surface area (Å²) in [5, 5.41) is 19.4.